The zero-order valence-electron chi connectivity index (χ0n) is 11.3. The smallest absolute Gasteiger partial charge is 0.406 e. The molecule has 0 atom stereocenters. The van der Waals surface area contributed by atoms with Crippen molar-refractivity contribution in [3.63, 3.8) is 0 Å². The highest BCUT2D eigenvalue weighted by molar-refractivity contribution is 6.04. The summed E-state index contributed by atoms with van der Waals surface area (Å²) in [6, 6.07) is 9.58. The second kappa shape index (κ2) is 6.34. The van der Waals surface area contributed by atoms with Gasteiger partial charge in [0.05, 0.1) is 4.92 Å². The average molecular weight is 326 g/mol. The van der Waals surface area contributed by atoms with Gasteiger partial charge in [0.15, 0.2) is 0 Å². The van der Waals surface area contributed by atoms with Crippen LogP contribution in [-0.4, -0.2) is 17.2 Å². The first-order valence-corrected chi connectivity index (χ1v) is 6.16. The lowest BCUT2D eigenvalue weighted by Gasteiger charge is -2.10. The topological polar surface area (TPSA) is 81.5 Å². The lowest BCUT2D eigenvalue weighted by atomic mass is 10.2. The molecule has 1 amide bonds. The van der Waals surface area contributed by atoms with Crippen LogP contribution in [0.5, 0.6) is 5.75 Å². The third kappa shape index (κ3) is 4.70. The molecule has 9 heteroatoms. The van der Waals surface area contributed by atoms with E-state index in [1.807, 2.05) is 0 Å². The van der Waals surface area contributed by atoms with Crippen LogP contribution in [0, 0.1) is 10.1 Å². The molecule has 0 saturated heterocycles. The monoisotopic (exact) mass is 326 g/mol. The molecule has 1 N–H and O–H groups in total. The molecular formula is C14H9F3N2O4. The summed E-state index contributed by atoms with van der Waals surface area (Å²) >= 11 is 0. The number of rotatable bonds is 4. The van der Waals surface area contributed by atoms with Crippen LogP contribution in [0.4, 0.5) is 24.5 Å². The molecule has 2 aromatic carbocycles. The molecule has 0 unspecified atom stereocenters. The number of halogens is 3. The SMILES string of the molecule is O=C(Nc1ccc(OC(F)(F)F)cc1)c1cccc([N+](=O)[O-])c1. The van der Waals surface area contributed by atoms with E-state index in [9.17, 15) is 28.1 Å². The second-order valence-corrected chi connectivity index (χ2v) is 4.33. The summed E-state index contributed by atoms with van der Waals surface area (Å²) in [6.45, 7) is 0. The van der Waals surface area contributed by atoms with Crippen molar-refractivity contribution >= 4 is 17.3 Å². The second-order valence-electron chi connectivity index (χ2n) is 4.33. The van der Waals surface area contributed by atoms with E-state index in [1.165, 1.54) is 30.3 Å². The van der Waals surface area contributed by atoms with Crippen molar-refractivity contribution in [2.45, 2.75) is 6.36 Å². The molecule has 0 saturated carbocycles. The van der Waals surface area contributed by atoms with Crippen molar-refractivity contribution in [1.29, 1.82) is 0 Å². The van der Waals surface area contributed by atoms with Gasteiger partial charge in [-0.15, -0.1) is 13.2 Å². The largest absolute Gasteiger partial charge is 0.573 e. The van der Waals surface area contributed by atoms with Gasteiger partial charge in [-0.1, -0.05) is 6.07 Å². The van der Waals surface area contributed by atoms with Crippen molar-refractivity contribution in [3.8, 4) is 5.75 Å². The average Bonchev–Trinajstić information content (AvgIpc) is 2.48. The number of carbonyl (C=O) groups is 1. The molecule has 0 heterocycles. The standard InChI is InChI=1S/C14H9F3N2O4/c15-14(16,17)23-12-6-4-10(5-7-12)18-13(20)9-2-1-3-11(8-9)19(21)22/h1-8H,(H,18,20). The number of hydrogen-bond acceptors (Lipinski definition) is 4. The maximum absolute atomic E-state index is 12.0. The number of benzene rings is 2. The quantitative estimate of drug-likeness (QED) is 0.685. The van der Waals surface area contributed by atoms with E-state index in [2.05, 4.69) is 10.1 Å². The van der Waals surface area contributed by atoms with Gasteiger partial charge in [-0.3, -0.25) is 14.9 Å². The normalized spacial score (nSPS) is 10.9. The molecule has 6 nitrogen and oxygen atoms in total. The molecule has 0 fully saturated rings. The number of alkyl halides is 3. The first-order valence-electron chi connectivity index (χ1n) is 6.16. The van der Waals surface area contributed by atoms with Crippen LogP contribution in [0.3, 0.4) is 0 Å². The van der Waals surface area contributed by atoms with E-state index in [-0.39, 0.29) is 16.9 Å². The van der Waals surface area contributed by atoms with Crippen LogP contribution in [0.15, 0.2) is 48.5 Å². The Balaban J connectivity index is 2.08. The molecule has 0 aromatic heterocycles. The van der Waals surface area contributed by atoms with Crippen LogP contribution >= 0.6 is 0 Å². The van der Waals surface area contributed by atoms with Gasteiger partial charge in [0.2, 0.25) is 0 Å². The lowest BCUT2D eigenvalue weighted by molar-refractivity contribution is -0.384. The van der Waals surface area contributed by atoms with E-state index in [1.54, 1.807) is 0 Å². The van der Waals surface area contributed by atoms with Crippen molar-refractivity contribution < 1.29 is 27.6 Å². The van der Waals surface area contributed by atoms with E-state index < -0.39 is 22.9 Å². The van der Waals surface area contributed by atoms with Gasteiger partial charge in [0, 0.05) is 23.4 Å². The van der Waals surface area contributed by atoms with Gasteiger partial charge in [-0.2, -0.15) is 0 Å². The number of amides is 1. The van der Waals surface area contributed by atoms with Crippen LogP contribution < -0.4 is 10.1 Å². The van der Waals surface area contributed by atoms with E-state index in [0.717, 1.165) is 18.2 Å². The zero-order valence-corrected chi connectivity index (χ0v) is 11.3. The van der Waals surface area contributed by atoms with Gasteiger partial charge in [0.25, 0.3) is 11.6 Å². The highest BCUT2D eigenvalue weighted by Crippen LogP contribution is 2.24. The molecule has 0 aliphatic heterocycles. The fourth-order valence-corrected chi connectivity index (χ4v) is 1.70. The minimum atomic E-state index is -4.80. The van der Waals surface area contributed by atoms with Crippen molar-refractivity contribution in [2.75, 3.05) is 5.32 Å². The predicted molar refractivity (Wildman–Crippen MR) is 74.2 cm³/mol. The summed E-state index contributed by atoms with van der Waals surface area (Å²) in [5.74, 6) is -1.05. The summed E-state index contributed by atoms with van der Waals surface area (Å²) in [4.78, 5) is 22.0. The van der Waals surface area contributed by atoms with Crippen LogP contribution in [-0.2, 0) is 0 Å². The predicted octanol–water partition coefficient (Wildman–Crippen LogP) is 3.75. The first kappa shape index (κ1) is 16.3. The highest BCUT2D eigenvalue weighted by atomic mass is 19.4. The summed E-state index contributed by atoms with van der Waals surface area (Å²) in [7, 11) is 0. The Morgan fingerprint density at radius 1 is 1.13 bits per heavy atom. The first-order chi connectivity index (χ1) is 10.7. The summed E-state index contributed by atoms with van der Waals surface area (Å²) in [6.07, 6.45) is -4.80. The number of nitro benzene ring substituents is 1. The van der Waals surface area contributed by atoms with Crippen LogP contribution in [0.25, 0.3) is 0 Å². The van der Waals surface area contributed by atoms with E-state index in [0.29, 0.717) is 0 Å². The van der Waals surface area contributed by atoms with Gasteiger partial charge in [-0.25, -0.2) is 0 Å². The number of nitrogens with one attached hydrogen (secondary N) is 1. The Morgan fingerprint density at radius 3 is 2.35 bits per heavy atom. The zero-order chi connectivity index (χ0) is 17.0. The van der Waals surface area contributed by atoms with Crippen molar-refractivity contribution in [2.24, 2.45) is 0 Å². The Kier molecular flexibility index (Phi) is 4.49. The van der Waals surface area contributed by atoms with Crippen molar-refractivity contribution in [3.05, 3.63) is 64.2 Å². The molecule has 0 aliphatic rings. The molecule has 2 rings (SSSR count). The molecule has 2 aromatic rings. The third-order valence-corrected chi connectivity index (χ3v) is 2.66. The molecular weight excluding hydrogens is 317 g/mol. The number of hydrogen-bond donors (Lipinski definition) is 1. The maximum Gasteiger partial charge on any atom is 0.573 e. The van der Waals surface area contributed by atoms with Crippen LogP contribution in [0.1, 0.15) is 10.4 Å². The number of nitro groups is 1. The van der Waals surface area contributed by atoms with Crippen LogP contribution in [0.2, 0.25) is 0 Å². The Hall–Kier alpha value is -3.10. The molecule has 0 bridgehead atoms. The Bertz CT molecular complexity index is 730. The molecule has 23 heavy (non-hydrogen) atoms. The summed E-state index contributed by atoms with van der Waals surface area (Å²) in [5, 5.41) is 13.1. The number of carbonyl (C=O) groups excluding carboxylic acids is 1. The molecule has 0 spiro atoms. The van der Waals surface area contributed by atoms with Crippen molar-refractivity contribution in [1.82, 2.24) is 0 Å². The number of anilines is 1. The fraction of sp³-hybridized carbons (Fsp3) is 0.0714. The summed E-state index contributed by atoms with van der Waals surface area (Å²) < 4.78 is 39.8. The summed E-state index contributed by atoms with van der Waals surface area (Å²) in [5.41, 5.74) is 0.0254. The van der Waals surface area contributed by atoms with E-state index in [4.69, 9.17) is 0 Å². The molecule has 0 aliphatic carbocycles. The number of ether oxygens (including phenoxy) is 1. The van der Waals surface area contributed by atoms with Gasteiger partial charge in [-0.05, 0) is 30.3 Å². The third-order valence-electron chi connectivity index (χ3n) is 2.66. The van der Waals surface area contributed by atoms with Gasteiger partial charge >= 0.3 is 6.36 Å². The lowest BCUT2D eigenvalue weighted by Crippen LogP contribution is -2.17. The number of non-ortho nitro benzene ring substituents is 1. The van der Waals surface area contributed by atoms with E-state index >= 15 is 0 Å². The minimum Gasteiger partial charge on any atom is -0.406 e. The fourth-order valence-electron chi connectivity index (χ4n) is 1.70. The maximum atomic E-state index is 12.0. The minimum absolute atomic E-state index is 0.0508. The Labute approximate surface area is 127 Å². The highest BCUT2D eigenvalue weighted by Gasteiger charge is 2.30. The van der Waals surface area contributed by atoms with Gasteiger partial charge in [0.1, 0.15) is 5.75 Å². The number of nitrogens with zero attached hydrogens (tertiary/aromatic N) is 1. The Morgan fingerprint density at radius 2 is 1.78 bits per heavy atom. The van der Waals surface area contributed by atoms with Gasteiger partial charge < -0.3 is 10.1 Å². The molecule has 120 valence electrons. The molecule has 0 radical (unpaired) electrons.